The molecule has 0 unspecified atom stereocenters. The predicted molar refractivity (Wildman–Crippen MR) is 121 cm³/mol. The fourth-order valence-corrected chi connectivity index (χ4v) is 4.05. The molecule has 0 bridgehead atoms. The van der Waals surface area contributed by atoms with Crippen LogP contribution >= 0.6 is 0 Å². The Kier molecular flexibility index (Phi) is 6.49. The minimum Gasteiger partial charge on any atom is -0.368 e. The van der Waals surface area contributed by atoms with E-state index in [9.17, 15) is 0 Å². The lowest BCUT2D eigenvalue weighted by Gasteiger charge is -2.37. The Balaban J connectivity index is 1.35. The van der Waals surface area contributed by atoms with E-state index >= 15 is 0 Å². The van der Waals surface area contributed by atoms with Crippen LogP contribution in [0, 0.1) is 0 Å². The summed E-state index contributed by atoms with van der Waals surface area (Å²) < 4.78 is 0. The lowest BCUT2D eigenvalue weighted by molar-refractivity contribution is 0.372. The van der Waals surface area contributed by atoms with Gasteiger partial charge in [0.25, 0.3) is 0 Å². The molecular formula is C23H32N6. The molecule has 0 amide bonds. The van der Waals surface area contributed by atoms with Gasteiger partial charge in [-0.3, -0.25) is 0 Å². The summed E-state index contributed by atoms with van der Waals surface area (Å²) in [7, 11) is 0. The summed E-state index contributed by atoms with van der Waals surface area (Å²) in [6.45, 7) is 9.91. The van der Waals surface area contributed by atoms with Gasteiger partial charge in [-0.15, -0.1) is 0 Å². The number of anilines is 2. The highest BCUT2D eigenvalue weighted by molar-refractivity contribution is 5.80. The first-order chi connectivity index (χ1) is 14.3. The highest BCUT2D eigenvalue weighted by Gasteiger charge is 2.19. The molecule has 2 saturated heterocycles. The molecule has 0 radical (unpaired) electrons. The topological polar surface area (TPSA) is 47.0 Å². The number of hydrogen-bond acceptors (Lipinski definition) is 4. The number of piperazine rings is 1. The average molecular weight is 393 g/mol. The SMILES string of the molecule is CCNC(=NCc1ccc(N2CCCC2)nc1)N1CCN(c2ccccc2)CC1. The Labute approximate surface area is 174 Å². The van der Waals surface area contributed by atoms with Crippen molar-refractivity contribution in [3.63, 3.8) is 0 Å². The summed E-state index contributed by atoms with van der Waals surface area (Å²) in [5, 5.41) is 3.46. The van der Waals surface area contributed by atoms with E-state index < -0.39 is 0 Å². The molecule has 0 atom stereocenters. The molecule has 1 N–H and O–H groups in total. The summed E-state index contributed by atoms with van der Waals surface area (Å²) in [6.07, 6.45) is 4.53. The second-order valence-corrected chi connectivity index (χ2v) is 7.70. The molecule has 0 saturated carbocycles. The maximum absolute atomic E-state index is 4.89. The van der Waals surface area contributed by atoms with Gasteiger partial charge in [0.15, 0.2) is 5.96 Å². The molecule has 0 aliphatic carbocycles. The Morgan fingerprint density at radius 1 is 0.931 bits per heavy atom. The van der Waals surface area contributed by atoms with Gasteiger partial charge >= 0.3 is 0 Å². The maximum atomic E-state index is 4.89. The Hall–Kier alpha value is -2.76. The number of aliphatic imine (C=N–C) groups is 1. The third kappa shape index (κ3) is 5.00. The van der Waals surface area contributed by atoms with Crippen molar-refractivity contribution in [2.45, 2.75) is 26.3 Å². The van der Waals surface area contributed by atoms with E-state index in [1.165, 1.54) is 18.5 Å². The van der Waals surface area contributed by atoms with Crippen molar-refractivity contribution >= 4 is 17.5 Å². The van der Waals surface area contributed by atoms with Crippen molar-refractivity contribution in [1.29, 1.82) is 0 Å². The van der Waals surface area contributed by atoms with Gasteiger partial charge in [-0.25, -0.2) is 9.98 Å². The molecule has 29 heavy (non-hydrogen) atoms. The van der Waals surface area contributed by atoms with Crippen LogP contribution in [0.3, 0.4) is 0 Å². The molecular weight excluding hydrogens is 360 g/mol. The van der Waals surface area contributed by atoms with E-state index in [0.717, 1.165) is 63.2 Å². The third-order valence-electron chi connectivity index (χ3n) is 5.69. The van der Waals surface area contributed by atoms with Crippen LogP contribution < -0.4 is 15.1 Å². The van der Waals surface area contributed by atoms with Gasteiger partial charge in [-0.05, 0) is 43.5 Å². The van der Waals surface area contributed by atoms with Crippen LogP contribution in [0.1, 0.15) is 25.3 Å². The number of aromatic nitrogens is 1. The average Bonchev–Trinajstić information content (AvgIpc) is 3.33. The zero-order valence-electron chi connectivity index (χ0n) is 17.4. The van der Waals surface area contributed by atoms with Gasteiger partial charge in [0, 0.05) is 57.7 Å². The monoisotopic (exact) mass is 392 g/mol. The first-order valence-electron chi connectivity index (χ1n) is 10.9. The van der Waals surface area contributed by atoms with Crippen LogP contribution in [0.25, 0.3) is 0 Å². The Morgan fingerprint density at radius 3 is 2.34 bits per heavy atom. The molecule has 154 valence electrons. The molecule has 1 aromatic heterocycles. The Bertz CT molecular complexity index is 775. The standard InChI is InChI=1S/C23H32N6/c1-2-24-23(29-16-14-27(15-17-29)21-8-4-3-5-9-21)26-19-20-10-11-22(25-18-20)28-12-6-7-13-28/h3-5,8-11,18H,2,6-7,12-17,19H2,1H3,(H,24,26). The number of nitrogens with one attached hydrogen (secondary N) is 1. The maximum Gasteiger partial charge on any atom is 0.194 e. The molecule has 6 nitrogen and oxygen atoms in total. The van der Waals surface area contributed by atoms with Crippen molar-refractivity contribution in [3.8, 4) is 0 Å². The van der Waals surface area contributed by atoms with Crippen molar-refractivity contribution in [1.82, 2.24) is 15.2 Å². The number of hydrogen-bond donors (Lipinski definition) is 1. The zero-order valence-corrected chi connectivity index (χ0v) is 17.4. The molecule has 2 aliphatic heterocycles. The van der Waals surface area contributed by atoms with E-state index in [4.69, 9.17) is 4.99 Å². The van der Waals surface area contributed by atoms with E-state index in [1.807, 2.05) is 6.20 Å². The van der Waals surface area contributed by atoms with E-state index in [0.29, 0.717) is 6.54 Å². The van der Waals surface area contributed by atoms with Gasteiger partial charge < -0.3 is 20.0 Å². The smallest absolute Gasteiger partial charge is 0.194 e. The van der Waals surface area contributed by atoms with Gasteiger partial charge in [0.2, 0.25) is 0 Å². The third-order valence-corrected chi connectivity index (χ3v) is 5.69. The summed E-state index contributed by atoms with van der Waals surface area (Å²) in [6, 6.07) is 15.0. The molecule has 4 rings (SSSR count). The second kappa shape index (κ2) is 9.63. The van der Waals surface area contributed by atoms with Crippen LogP contribution in [0.2, 0.25) is 0 Å². The fraction of sp³-hybridized carbons (Fsp3) is 0.478. The first-order valence-corrected chi connectivity index (χ1v) is 10.9. The lowest BCUT2D eigenvalue weighted by Crippen LogP contribution is -2.52. The lowest BCUT2D eigenvalue weighted by atomic mass is 10.2. The van der Waals surface area contributed by atoms with Crippen molar-refractivity contribution in [2.24, 2.45) is 4.99 Å². The zero-order chi connectivity index (χ0) is 19.9. The van der Waals surface area contributed by atoms with Crippen LogP contribution in [0.5, 0.6) is 0 Å². The van der Waals surface area contributed by atoms with Crippen LogP contribution in [-0.4, -0.2) is 61.7 Å². The molecule has 2 aromatic rings. The van der Waals surface area contributed by atoms with Gasteiger partial charge in [0.1, 0.15) is 5.82 Å². The molecule has 2 fully saturated rings. The summed E-state index contributed by atoms with van der Waals surface area (Å²) in [4.78, 5) is 16.7. The second-order valence-electron chi connectivity index (χ2n) is 7.70. The normalized spacial score (nSPS) is 17.7. The van der Waals surface area contributed by atoms with Crippen LogP contribution in [-0.2, 0) is 6.54 Å². The summed E-state index contributed by atoms with van der Waals surface area (Å²) in [5.41, 5.74) is 2.46. The summed E-state index contributed by atoms with van der Waals surface area (Å²) in [5.74, 6) is 2.10. The molecule has 3 heterocycles. The van der Waals surface area contributed by atoms with E-state index in [1.54, 1.807) is 0 Å². The quantitative estimate of drug-likeness (QED) is 0.626. The number of guanidine groups is 1. The Morgan fingerprint density at radius 2 is 1.69 bits per heavy atom. The minimum absolute atomic E-state index is 0.661. The number of para-hydroxylation sites is 1. The molecule has 1 aromatic carbocycles. The fourth-order valence-electron chi connectivity index (χ4n) is 4.05. The minimum atomic E-state index is 0.661. The molecule has 2 aliphatic rings. The van der Waals surface area contributed by atoms with Crippen molar-refractivity contribution < 1.29 is 0 Å². The number of pyridine rings is 1. The number of nitrogens with zero attached hydrogens (tertiary/aromatic N) is 5. The molecule has 6 heteroatoms. The van der Waals surface area contributed by atoms with Gasteiger partial charge in [0.05, 0.1) is 6.54 Å². The van der Waals surface area contributed by atoms with Crippen molar-refractivity contribution in [2.75, 3.05) is 55.6 Å². The highest BCUT2D eigenvalue weighted by Crippen LogP contribution is 2.18. The largest absolute Gasteiger partial charge is 0.368 e. The first kappa shape index (κ1) is 19.6. The van der Waals surface area contributed by atoms with E-state index in [-0.39, 0.29) is 0 Å². The van der Waals surface area contributed by atoms with E-state index in [2.05, 4.69) is 74.4 Å². The highest BCUT2D eigenvalue weighted by atomic mass is 15.3. The predicted octanol–water partition coefficient (Wildman–Crippen LogP) is 2.97. The summed E-state index contributed by atoms with van der Waals surface area (Å²) >= 11 is 0. The van der Waals surface area contributed by atoms with Gasteiger partial charge in [-0.2, -0.15) is 0 Å². The van der Waals surface area contributed by atoms with Crippen LogP contribution in [0.15, 0.2) is 53.7 Å². The number of benzene rings is 1. The van der Waals surface area contributed by atoms with Crippen molar-refractivity contribution in [3.05, 3.63) is 54.2 Å². The van der Waals surface area contributed by atoms with Gasteiger partial charge in [-0.1, -0.05) is 24.3 Å². The van der Waals surface area contributed by atoms with Crippen LogP contribution in [0.4, 0.5) is 11.5 Å². The number of rotatable bonds is 5. The molecule has 0 spiro atoms.